The molecule has 1 fully saturated rings. The van der Waals surface area contributed by atoms with Crippen LogP contribution in [-0.4, -0.2) is 39.7 Å². The highest BCUT2D eigenvalue weighted by molar-refractivity contribution is 9.10. The van der Waals surface area contributed by atoms with E-state index < -0.39 is 12.1 Å². The normalized spacial score (nSPS) is 28.3. The first kappa shape index (κ1) is 16.5. The molecular formula is C16H22BrNO3. The Kier molecular flexibility index (Phi) is 5.41. The third-order valence-corrected chi connectivity index (χ3v) is 5.25. The third-order valence-electron chi connectivity index (χ3n) is 4.53. The number of nitrogens with zero attached hydrogens (tertiary/aromatic N) is 1. The summed E-state index contributed by atoms with van der Waals surface area (Å²) in [6.07, 6.45) is 0.932. The lowest BCUT2D eigenvalue weighted by molar-refractivity contribution is -0.147. The van der Waals surface area contributed by atoms with Crippen molar-refractivity contribution in [1.29, 1.82) is 0 Å². The van der Waals surface area contributed by atoms with Gasteiger partial charge >= 0.3 is 5.97 Å². The van der Waals surface area contributed by atoms with E-state index in [0.717, 1.165) is 16.5 Å². The number of benzene rings is 1. The fourth-order valence-electron chi connectivity index (χ4n) is 3.18. The van der Waals surface area contributed by atoms with E-state index in [1.807, 2.05) is 31.2 Å². The quantitative estimate of drug-likeness (QED) is 0.871. The standard InChI is InChI=1S/C16H22BrNO3/c1-10-7-8-12(16(20)21)11(2)18(10)9-15(19)13-5-3-4-6-14(13)17/h3-6,10-12,15,19H,7-9H2,1-2H3,(H,20,21). The Labute approximate surface area is 133 Å². The second kappa shape index (κ2) is 6.90. The first-order valence-corrected chi connectivity index (χ1v) is 8.12. The van der Waals surface area contributed by atoms with Crippen LogP contribution in [0.15, 0.2) is 28.7 Å². The Morgan fingerprint density at radius 3 is 2.67 bits per heavy atom. The van der Waals surface area contributed by atoms with Gasteiger partial charge in [-0.25, -0.2) is 0 Å². The second-order valence-corrected chi connectivity index (χ2v) is 6.70. The largest absolute Gasteiger partial charge is 0.481 e. The fraction of sp³-hybridized carbons (Fsp3) is 0.562. The molecule has 4 unspecified atom stereocenters. The number of β-amino-alcohol motifs (C(OH)–C–C–N with tert-alkyl or cyclic N) is 1. The molecule has 0 bridgehead atoms. The smallest absolute Gasteiger partial charge is 0.308 e. The van der Waals surface area contributed by atoms with E-state index in [9.17, 15) is 15.0 Å². The molecule has 0 aromatic heterocycles. The predicted octanol–water partition coefficient (Wildman–Crippen LogP) is 3.06. The van der Waals surface area contributed by atoms with Crippen molar-refractivity contribution in [1.82, 2.24) is 4.90 Å². The number of carbonyl (C=O) groups is 1. The molecule has 1 aromatic rings. The molecule has 0 spiro atoms. The first-order chi connectivity index (χ1) is 9.91. The van der Waals surface area contributed by atoms with E-state index in [2.05, 4.69) is 27.8 Å². The molecule has 2 N–H and O–H groups in total. The number of halogens is 1. The number of carboxylic acid groups (broad SMARTS) is 1. The summed E-state index contributed by atoms with van der Waals surface area (Å²) in [6, 6.07) is 7.82. The van der Waals surface area contributed by atoms with Crippen LogP contribution in [-0.2, 0) is 4.79 Å². The summed E-state index contributed by atoms with van der Waals surface area (Å²) in [6.45, 7) is 4.50. The highest BCUT2D eigenvalue weighted by atomic mass is 79.9. The highest BCUT2D eigenvalue weighted by Gasteiger charge is 2.37. The molecule has 1 aliphatic rings. The summed E-state index contributed by atoms with van der Waals surface area (Å²) >= 11 is 3.45. The van der Waals surface area contributed by atoms with Gasteiger partial charge in [0.25, 0.3) is 0 Å². The van der Waals surface area contributed by atoms with Crippen molar-refractivity contribution in [3.05, 3.63) is 34.3 Å². The van der Waals surface area contributed by atoms with Crippen LogP contribution in [0.4, 0.5) is 0 Å². The SMILES string of the molecule is CC1CCC(C(=O)O)C(C)N1CC(O)c1ccccc1Br. The molecule has 1 aromatic carbocycles. The fourth-order valence-corrected chi connectivity index (χ4v) is 3.73. The minimum absolute atomic E-state index is 0.0663. The molecule has 1 aliphatic heterocycles. The van der Waals surface area contributed by atoms with Crippen LogP contribution in [0, 0.1) is 5.92 Å². The van der Waals surface area contributed by atoms with E-state index in [1.165, 1.54) is 0 Å². The van der Waals surface area contributed by atoms with Crippen LogP contribution in [0.5, 0.6) is 0 Å². The molecule has 4 atom stereocenters. The number of hydrogen-bond acceptors (Lipinski definition) is 3. The predicted molar refractivity (Wildman–Crippen MR) is 85.1 cm³/mol. The lowest BCUT2D eigenvalue weighted by Gasteiger charge is -2.43. The summed E-state index contributed by atoms with van der Waals surface area (Å²) in [5.74, 6) is -1.10. The third kappa shape index (κ3) is 3.65. The zero-order valence-electron chi connectivity index (χ0n) is 12.4. The number of aliphatic hydroxyl groups excluding tert-OH is 1. The zero-order valence-corrected chi connectivity index (χ0v) is 14.0. The number of likely N-dealkylation sites (tertiary alicyclic amines) is 1. The number of carboxylic acids is 1. The van der Waals surface area contributed by atoms with Crippen LogP contribution < -0.4 is 0 Å². The minimum atomic E-state index is -0.741. The summed E-state index contributed by atoms with van der Waals surface area (Å²) in [5.41, 5.74) is 0.842. The molecule has 0 amide bonds. The maximum Gasteiger partial charge on any atom is 0.308 e. The number of aliphatic hydroxyl groups is 1. The zero-order chi connectivity index (χ0) is 15.6. The number of hydrogen-bond donors (Lipinski definition) is 2. The Hall–Kier alpha value is -0.910. The molecule has 1 saturated heterocycles. The van der Waals surface area contributed by atoms with Gasteiger partial charge in [0.15, 0.2) is 0 Å². The number of rotatable bonds is 4. The van der Waals surface area contributed by atoms with Crippen LogP contribution in [0.3, 0.4) is 0 Å². The van der Waals surface area contributed by atoms with Crippen molar-refractivity contribution in [2.75, 3.05) is 6.54 Å². The molecule has 5 heteroatoms. The molecule has 0 aliphatic carbocycles. The lowest BCUT2D eigenvalue weighted by Crippen LogP contribution is -2.51. The van der Waals surface area contributed by atoms with Crippen molar-refractivity contribution < 1.29 is 15.0 Å². The number of aliphatic carboxylic acids is 1. The van der Waals surface area contributed by atoms with Crippen molar-refractivity contribution in [3.63, 3.8) is 0 Å². The van der Waals surface area contributed by atoms with Crippen molar-refractivity contribution >= 4 is 21.9 Å². The van der Waals surface area contributed by atoms with Gasteiger partial charge in [0.05, 0.1) is 12.0 Å². The molecule has 0 radical (unpaired) electrons. The van der Waals surface area contributed by atoms with Crippen LogP contribution in [0.1, 0.15) is 38.4 Å². The summed E-state index contributed by atoms with van der Waals surface area (Å²) < 4.78 is 0.879. The maximum absolute atomic E-state index is 11.3. The minimum Gasteiger partial charge on any atom is -0.481 e. The monoisotopic (exact) mass is 355 g/mol. The van der Waals surface area contributed by atoms with E-state index >= 15 is 0 Å². The van der Waals surface area contributed by atoms with Gasteiger partial charge in [-0.2, -0.15) is 0 Å². The number of piperidine rings is 1. The summed E-state index contributed by atoms with van der Waals surface area (Å²) in [5, 5.41) is 19.8. The highest BCUT2D eigenvalue weighted by Crippen LogP contribution is 2.31. The van der Waals surface area contributed by atoms with Gasteiger partial charge in [0.2, 0.25) is 0 Å². The van der Waals surface area contributed by atoms with E-state index in [0.29, 0.717) is 13.0 Å². The molecule has 1 heterocycles. The average molecular weight is 356 g/mol. The van der Waals surface area contributed by atoms with Crippen molar-refractivity contribution in [2.45, 2.75) is 44.9 Å². The van der Waals surface area contributed by atoms with Crippen LogP contribution in [0.25, 0.3) is 0 Å². The van der Waals surface area contributed by atoms with Crippen LogP contribution >= 0.6 is 15.9 Å². The Morgan fingerprint density at radius 1 is 1.38 bits per heavy atom. The van der Waals surface area contributed by atoms with E-state index in [-0.39, 0.29) is 18.0 Å². The molecule has 21 heavy (non-hydrogen) atoms. The summed E-state index contributed by atoms with van der Waals surface area (Å²) in [7, 11) is 0. The van der Waals surface area contributed by atoms with Gasteiger partial charge in [-0.05, 0) is 38.3 Å². The Morgan fingerprint density at radius 2 is 2.05 bits per heavy atom. The topological polar surface area (TPSA) is 60.8 Å². The van der Waals surface area contributed by atoms with Gasteiger partial charge in [-0.1, -0.05) is 34.1 Å². The lowest BCUT2D eigenvalue weighted by atomic mass is 9.86. The second-order valence-electron chi connectivity index (χ2n) is 5.85. The van der Waals surface area contributed by atoms with E-state index in [1.54, 1.807) is 0 Å². The average Bonchev–Trinajstić information content (AvgIpc) is 2.43. The summed E-state index contributed by atoms with van der Waals surface area (Å²) in [4.78, 5) is 13.4. The first-order valence-electron chi connectivity index (χ1n) is 7.33. The molecule has 116 valence electrons. The van der Waals surface area contributed by atoms with Crippen molar-refractivity contribution in [2.24, 2.45) is 5.92 Å². The van der Waals surface area contributed by atoms with Gasteiger partial charge in [-0.3, -0.25) is 9.69 Å². The molecular weight excluding hydrogens is 334 g/mol. The molecule has 2 rings (SSSR count). The Balaban J connectivity index is 2.13. The van der Waals surface area contributed by atoms with Gasteiger partial charge < -0.3 is 10.2 Å². The molecule has 0 saturated carbocycles. The van der Waals surface area contributed by atoms with Gasteiger partial charge in [-0.15, -0.1) is 0 Å². The maximum atomic E-state index is 11.3. The Bertz CT molecular complexity index is 508. The molecule has 4 nitrogen and oxygen atoms in total. The van der Waals surface area contributed by atoms with E-state index in [4.69, 9.17) is 0 Å². The van der Waals surface area contributed by atoms with Crippen molar-refractivity contribution in [3.8, 4) is 0 Å². The van der Waals surface area contributed by atoms with Gasteiger partial charge in [0.1, 0.15) is 0 Å². The van der Waals surface area contributed by atoms with Crippen LogP contribution in [0.2, 0.25) is 0 Å². The van der Waals surface area contributed by atoms with Gasteiger partial charge in [0, 0.05) is 23.1 Å².